The summed E-state index contributed by atoms with van der Waals surface area (Å²) >= 11 is 0. The van der Waals surface area contributed by atoms with Crippen LogP contribution in [0, 0.1) is 5.92 Å². The SMILES string of the molecule is COCCCS(=O)(=O)NC(C)(CN)C(C)C. The number of ether oxygens (including phenoxy) is 1. The zero-order chi connectivity index (χ0) is 12.8. The van der Waals surface area contributed by atoms with Crippen molar-refractivity contribution >= 4 is 10.0 Å². The number of rotatable bonds is 8. The zero-order valence-electron chi connectivity index (χ0n) is 10.6. The molecule has 0 aliphatic heterocycles. The monoisotopic (exact) mass is 252 g/mol. The fourth-order valence-corrected chi connectivity index (χ4v) is 2.82. The Bertz CT molecular complexity index is 290. The third-order valence-electron chi connectivity index (χ3n) is 2.85. The second-order valence-corrected chi connectivity index (χ2v) is 6.39. The van der Waals surface area contributed by atoms with Gasteiger partial charge in [-0.15, -0.1) is 0 Å². The molecule has 0 saturated carbocycles. The molecule has 0 aliphatic carbocycles. The van der Waals surface area contributed by atoms with Gasteiger partial charge in [0.05, 0.1) is 5.75 Å². The van der Waals surface area contributed by atoms with Gasteiger partial charge in [0.1, 0.15) is 0 Å². The number of hydrogen-bond acceptors (Lipinski definition) is 4. The van der Waals surface area contributed by atoms with Crippen molar-refractivity contribution in [2.45, 2.75) is 32.7 Å². The largest absolute Gasteiger partial charge is 0.385 e. The number of methoxy groups -OCH3 is 1. The van der Waals surface area contributed by atoms with E-state index in [1.54, 1.807) is 7.11 Å². The molecule has 5 nitrogen and oxygen atoms in total. The summed E-state index contributed by atoms with van der Waals surface area (Å²) in [5, 5.41) is 0. The van der Waals surface area contributed by atoms with Gasteiger partial charge in [-0.05, 0) is 19.3 Å². The van der Waals surface area contributed by atoms with Crippen molar-refractivity contribution in [3.63, 3.8) is 0 Å². The lowest BCUT2D eigenvalue weighted by atomic mass is 9.90. The van der Waals surface area contributed by atoms with E-state index in [-0.39, 0.29) is 18.2 Å². The molecule has 0 bridgehead atoms. The minimum atomic E-state index is -3.28. The van der Waals surface area contributed by atoms with Gasteiger partial charge in [0.25, 0.3) is 0 Å². The molecule has 0 saturated heterocycles. The molecule has 0 aromatic heterocycles. The molecular weight excluding hydrogens is 228 g/mol. The van der Waals surface area contributed by atoms with Crippen LogP contribution in [0.25, 0.3) is 0 Å². The van der Waals surface area contributed by atoms with Crippen LogP contribution in [0.2, 0.25) is 0 Å². The lowest BCUT2D eigenvalue weighted by Crippen LogP contribution is -2.55. The Balaban J connectivity index is 4.44. The van der Waals surface area contributed by atoms with E-state index in [1.165, 1.54) is 0 Å². The molecule has 0 rings (SSSR count). The first-order chi connectivity index (χ1) is 7.27. The lowest BCUT2D eigenvalue weighted by molar-refractivity contribution is 0.199. The highest BCUT2D eigenvalue weighted by Gasteiger charge is 2.31. The Morgan fingerprint density at radius 3 is 2.38 bits per heavy atom. The first-order valence-corrected chi connectivity index (χ1v) is 7.13. The Morgan fingerprint density at radius 1 is 1.44 bits per heavy atom. The molecule has 1 unspecified atom stereocenters. The molecule has 16 heavy (non-hydrogen) atoms. The van der Waals surface area contributed by atoms with Crippen LogP contribution < -0.4 is 10.5 Å². The molecule has 1 atom stereocenters. The fraction of sp³-hybridized carbons (Fsp3) is 1.00. The molecule has 0 aliphatic rings. The third kappa shape index (κ3) is 5.25. The molecular formula is C10H24N2O3S. The summed E-state index contributed by atoms with van der Waals surface area (Å²) in [6, 6.07) is 0. The molecule has 0 heterocycles. The van der Waals surface area contributed by atoms with Crippen LogP contribution in [0.1, 0.15) is 27.2 Å². The van der Waals surface area contributed by atoms with Crippen LogP contribution in [0.15, 0.2) is 0 Å². The molecule has 0 amide bonds. The van der Waals surface area contributed by atoms with E-state index in [0.29, 0.717) is 13.0 Å². The van der Waals surface area contributed by atoms with Crippen molar-refractivity contribution < 1.29 is 13.2 Å². The molecule has 3 N–H and O–H groups in total. The molecule has 98 valence electrons. The van der Waals surface area contributed by atoms with Gasteiger partial charge in [0, 0.05) is 25.8 Å². The number of nitrogens with one attached hydrogen (secondary N) is 1. The molecule has 0 spiro atoms. The Kier molecular flexibility index (Phi) is 6.47. The highest BCUT2D eigenvalue weighted by atomic mass is 32.2. The summed E-state index contributed by atoms with van der Waals surface area (Å²) < 4.78 is 31.0. The van der Waals surface area contributed by atoms with Crippen molar-refractivity contribution in [2.24, 2.45) is 11.7 Å². The fourth-order valence-electron chi connectivity index (χ4n) is 1.19. The highest BCUT2D eigenvalue weighted by molar-refractivity contribution is 7.89. The molecule has 6 heteroatoms. The maximum atomic E-state index is 11.8. The van der Waals surface area contributed by atoms with Gasteiger partial charge in [0.2, 0.25) is 10.0 Å². The summed E-state index contributed by atoms with van der Waals surface area (Å²) in [6.07, 6.45) is 0.491. The maximum absolute atomic E-state index is 11.8. The van der Waals surface area contributed by atoms with Crippen LogP contribution in [0.5, 0.6) is 0 Å². The van der Waals surface area contributed by atoms with Gasteiger partial charge >= 0.3 is 0 Å². The molecule has 0 aromatic carbocycles. The highest BCUT2D eigenvalue weighted by Crippen LogP contribution is 2.16. The summed E-state index contributed by atoms with van der Waals surface area (Å²) in [6.45, 7) is 6.46. The van der Waals surface area contributed by atoms with Crippen LogP contribution in [-0.2, 0) is 14.8 Å². The maximum Gasteiger partial charge on any atom is 0.212 e. The summed E-state index contributed by atoms with van der Waals surface area (Å²) in [5.74, 6) is 0.220. The standard InChI is InChI=1S/C10H24N2O3S/c1-9(2)10(3,8-11)12-16(13,14)7-5-6-15-4/h9,12H,5-8,11H2,1-4H3. The van der Waals surface area contributed by atoms with Crippen molar-refractivity contribution in [3.8, 4) is 0 Å². The normalized spacial score (nSPS) is 16.4. The van der Waals surface area contributed by atoms with Crippen LogP contribution in [0.4, 0.5) is 0 Å². The van der Waals surface area contributed by atoms with E-state index in [9.17, 15) is 8.42 Å². The topological polar surface area (TPSA) is 81.4 Å². The van der Waals surface area contributed by atoms with Gasteiger partial charge in [-0.3, -0.25) is 0 Å². The van der Waals surface area contributed by atoms with E-state index in [4.69, 9.17) is 10.5 Å². The van der Waals surface area contributed by atoms with E-state index in [1.807, 2.05) is 20.8 Å². The average molecular weight is 252 g/mol. The van der Waals surface area contributed by atoms with E-state index < -0.39 is 15.6 Å². The summed E-state index contributed by atoms with van der Waals surface area (Å²) in [4.78, 5) is 0. The second-order valence-electron chi connectivity index (χ2n) is 4.54. The quantitative estimate of drug-likeness (QED) is 0.609. The van der Waals surface area contributed by atoms with Gasteiger partial charge in [-0.25, -0.2) is 13.1 Å². The Hall–Kier alpha value is -0.170. The van der Waals surface area contributed by atoms with E-state index in [0.717, 1.165) is 0 Å². The minimum absolute atomic E-state index is 0.0726. The first kappa shape index (κ1) is 15.8. The molecule has 0 radical (unpaired) electrons. The minimum Gasteiger partial charge on any atom is -0.385 e. The predicted octanol–water partition coefficient (Wildman–Crippen LogP) is 0.316. The second kappa shape index (κ2) is 6.54. The van der Waals surface area contributed by atoms with Gasteiger partial charge in [-0.1, -0.05) is 13.8 Å². The van der Waals surface area contributed by atoms with E-state index >= 15 is 0 Å². The number of hydrogen-bond donors (Lipinski definition) is 2. The zero-order valence-corrected chi connectivity index (χ0v) is 11.4. The van der Waals surface area contributed by atoms with Gasteiger partial charge in [-0.2, -0.15) is 0 Å². The lowest BCUT2D eigenvalue weighted by Gasteiger charge is -2.33. The smallest absolute Gasteiger partial charge is 0.212 e. The third-order valence-corrected chi connectivity index (χ3v) is 4.45. The van der Waals surface area contributed by atoms with Crippen LogP contribution in [-0.4, -0.2) is 40.0 Å². The summed E-state index contributed by atoms with van der Waals surface area (Å²) in [7, 11) is -1.72. The number of sulfonamides is 1. The molecule has 0 fully saturated rings. The number of nitrogens with two attached hydrogens (primary N) is 1. The van der Waals surface area contributed by atoms with Crippen molar-refractivity contribution in [3.05, 3.63) is 0 Å². The van der Waals surface area contributed by atoms with Crippen molar-refractivity contribution in [2.75, 3.05) is 26.0 Å². The molecule has 0 aromatic rings. The van der Waals surface area contributed by atoms with Gasteiger partial charge in [0.15, 0.2) is 0 Å². The Labute approximate surface area is 98.8 Å². The first-order valence-electron chi connectivity index (χ1n) is 5.48. The van der Waals surface area contributed by atoms with Crippen LogP contribution in [0.3, 0.4) is 0 Å². The van der Waals surface area contributed by atoms with Crippen molar-refractivity contribution in [1.82, 2.24) is 4.72 Å². The van der Waals surface area contributed by atoms with Crippen molar-refractivity contribution in [1.29, 1.82) is 0 Å². The average Bonchev–Trinajstić information content (AvgIpc) is 2.16. The Morgan fingerprint density at radius 2 is 2.00 bits per heavy atom. The van der Waals surface area contributed by atoms with Gasteiger partial charge < -0.3 is 10.5 Å². The van der Waals surface area contributed by atoms with E-state index in [2.05, 4.69) is 4.72 Å². The predicted molar refractivity (Wildman–Crippen MR) is 65.7 cm³/mol. The summed E-state index contributed by atoms with van der Waals surface area (Å²) in [5.41, 5.74) is 5.04. The van der Waals surface area contributed by atoms with Crippen LogP contribution >= 0.6 is 0 Å².